The number of ether oxygens (including phenoxy) is 2. The summed E-state index contributed by atoms with van der Waals surface area (Å²) >= 11 is 0. The highest BCUT2D eigenvalue weighted by Crippen LogP contribution is 2.30. The van der Waals surface area contributed by atoms with Crippen molar-refractivity contribution in [3.05, 3.63) is 53.7 Å². The summed E-state index contributed by atoms with van der Waals surface area (Å²) in [6.45, 7) is 6.04. The van der Waals surface area contributed by atoms with Crippen LogP contribution < -0.4 is 19.7 Å². The molecule has 2 heterocycles. The van der Waals surface area contributed by atoms with Gasteiger partial charge in [0.25, 0.3) is 0 Å². The van der Waals surface area contributed by atoms with Gasteiger partial charge in [0, 0.05) is 31.4 Å². The van der Waals surface area contributed by atoms with Crippen LogP contribution in [-0.2, 0) is 11.0 Å². The van der Waals surface area contributed by atoms with Crippen molar-refractivity contribution in [3.63, 3.8) is 0 Å². The number of rotatable bonds is 8. The molecular formula is C24H28F3N3O3. The van der Waals surface area contributed by atoms with Crippen LogP contribution in [0.4, 0.5) is 19.0 Å². The molecule has 1 amide bonds. The summed E-state index contributed by atoms with van der Waals surface area (Å²) in [6.07, 6.45) is 1.02. The molecule has 0 saturated carbocycles. The second kappa shape index (κ2) is 11.1. The van der Waals surface area contributed by atoms with Gasteiger partial charge in [0.15, 0.2) is 11.5 Å². The van der Waals surface area contributed by atoms with Gasteiger partial charge in [-0.3, -0.25) is 4.79 Å². The van der Waals surface area contributed by atoms with Crippen LogP contribution in [0.2, 0.25) is 0 Å². The second-order valence-corrected chi connectivity index (χ2v) is 7.58. The lowest BCUT2D eigenvalue weighted by atomic mass is 10.0. The summed E-state index contributed by atoms with van der Waals surface area (Å²) in [4.78, 5) is 18.2. The van der Waals surface area contributed by atoms with Gasteiger partial charge in [-0.15, -0.1) is 0 Å². The van der Waals surface area contributed by atoms with Gasteiger partial charge >= 0.3 is 6.18 Å². The van der Waals surface area contributed by atoms with Gasteiger partial charge < -0.3 is 19.7 Å². The van der Waals surface area contributed by atoms with E-state index in [1.807, 2.05) is 36.9 Å². The first kappa shape index (κ1) is 24.4. The van der Waals surface area contributed by atoms with Crippen LogP contribution in [0.15, 0.2) is 42.6 Å². The highest BCUT2D eigenvalue weighted by atomic mass is 19.4. The van der Waals surface area contributed by atoms with Crippen LogP contribution in [-0.4, -0.2) is 43.2 Å². The Morgan fingerprint density at radius 3 is 2.42 bits per heavy atom. The Kier molecular flexibility index (Phi) is 8.19. The molecule has 0 radical (unpaired) electrons. The van der Waals surface area contributed by atoms with Crippen molar-refractivity contribution in [3.8, 4) is 11.5 Å². The molecule has 6 nitrogen and oxygen atoms in total. The van der Waals surface area contributed by atoms with Crippen LogP contribution >= 0.6 is 0 Å². The number of alkyl halides is 3. The summed E-state index contributed by atoms with van der Waals surface area (Å²) < 4.78 is 49.2. The summed E-state index contributed by atoms with van der Waals surface area (Å²) in [5, 5.41) is 2.98. The number of nitrogens with one attached hydrogen (secondary N) is 1. The second-order valence-electron chi connectivity index (χ2n) is 7.58. The molecular weight excluding hydrogens is 435 g/mol. The maximum absolute atomic E-state index is 12.7. The van der Waals surface area contributed by atoms with Crippen molar-refractivity contribution in [1.82, 2.24) is 10.3 Å². The molecule has 1 aromatic carbocycles. The van der Waals surface area contributed by atoms with E-state index in [-0.39, 0.29) is 11.9 Å². The molecule has 3 rings (SSSR count). The number of aromatic nitrogens is 1. The van der Waals surface area contributed by atoms with E-state index in [2.05, 4.69) is 10.3 Å². The largest absolute Gasteiger partial charge is 0.490 e. The Balaban J connectivity index is 1.51. The topological polar surface area (TPSA) is 63.7 Å². The van der Waals surface area contributed by atoms with Crippen molar-refractivity contribution >= 4 is 17.8 Å². The van der Waals surface area contributed by atoms with Gasteiger partial charge in [-0.2, -0.15) is 13.2 Å². The van der Waals surface area contributed by atoms with Crippen molar-refractivity contribution in [2.75, 3.05) is 31.2 Å². The molecule has 1 saturated heterocycles. The van der Waals surface area contributed by atoms with Crippen LogP contribution in [0.3, 0.4) is 0 Å². The smallest absolute Gasteiger partial charge is 0.417 e. The zero-order valence-corrected chi connectivity index (χ0v) is 18.7. The number of piperidine rings is 1. The van der Waals surface area contributed by atoms with E-state index in [1.165, 1.54) is 12.1 Å². The molecule has 2 aromatic rings. The molecule has 0 atom stereocenters. The fourth-order valence-electron chi connectivity index (χ4n) is 3.59. The van der Waals surface area contributed by atoms with Gasteiger partial charge in [-0.25, -0.2) is 4.98 Å². The Hall–Kier alpha value is -3.23. The maximum atomic E-state index is 12.7. The average Bonchev–Trinajstić information content (AvgIpc) is 2.79. The molecule has 0 bridgehead atoms. The van der Waals surface area contributed by atoms with E-state index in [0.29, 0.717) is 56.5 Å². The molecule has 0 aliphatic carbocycles. The van der Waals surface area contributed by atoms with E-state index in [1.54, 1.807) is 6.08 Å². The minimum atomic E-state index is -4.40. The van der Waals surface area contributed by atoms with Gasteiger partial charge in [0.1, 0.15) is 5.82 Å². The number of pyridine rings is 1. The first-order valence-electron chi connectivity index (χ1n) is 11.0. The third kappa shape index (κ3) is 6.87. The number of benzene rings is 1. The SMILES string of the molecule is CCOc1ccc(C=CC(=O)NC2CCN(c3ccc(C(F)(F)F)cn3)CC2)cc1OCC. The molecule has 33 heavy (non-hydrogen) atoms. The fourth-order valence-corrected chi connectivity index (χ4v) is 3.59. The van der Waals surface area contributed by atoms with Gasteiger partial charge in [0.05, 0.1) is 18.8 Å². The Morgan fingerprint density at radius 2 is 1.82 bits per heavy atom. The van der Waals surface area contributed by atoms with Gasteiger partial charge in [-0.05, 0) is 62.6 Å². The van der Waals surface area contributed by atoms with E-state index < -0.39 is 11.7 Å². The van der Waals surface area contributed by atoms with E-state index in [4.69, 9.17) is 9.47 Å². The van der Waals surface area contributed by atoms with Gasteiger partial charge in [0.2, 0.25) is 5.91 Å². The number of nitrogens with zero attached hydrogens (tertiary/aromatic N) is 2. The first-order valence-corrected chi connectivity index (χ1v) is 11.0. The number of hydrogen-bond donors (Lipinski definition) is 1. The van der Waals surface area contributed by atoms with E-state index in [9.17, 15) is 18.0 Å². The Labute approximate surface area is 191 Å². The average molecular weight is 464 g/mol. The Bertz CT molecular complexity index is 954. The normalized spacial score (nSPS) is 15.0. The highest BCUT2D eigenvalue weighted by molar-refractivity contribution is 5.92. The molecule has 178 valence electrons. The summed E-state index contributed by atoms with van der Waals surface area (Å²) in [6, 6.07) is 7.92. The summed E-state index contributed by atoms with van der Waals surface area (Å²) in [5.41, 5.74) is 0.0568. The minimum absolute atomic E-state index is 0.00726. The maximum Gasteiger partial charge on any atom is 0.417 e. The first-order chi connectivity index (χ1) is 15.8. The van der Waals surface area contributed by atoms with Gasteiger partial charge in [-0.1, -0.05) is 6.07 Å². The number of halogens is 3. The third-order valence-corrected chi connectivity index (χ3v) is 5.24. The molecule has 1 aliphatic rings. The fraction of sp³-hybridized carbons (Fsp3) is 0.417. The quantitative estimate of drug-likeness (QED) is 0.575. The number of amides is 1. The van der Waals surface area contributed by atoms with E-state index in [0.717, 1.165) is 17.8 Å². The number of hydrogen-bond acceptors (Lipinski definition) is 5. The number of anilines is 1. The third-order valence-electron chi connectivity index (χ3n) is 5.24. The molecule has 0 spiro atoms. The monoisotopic (exact) mass is 463 g/mol. The van der Waals surface area contributed by atoms with Crippen LogP contribution in [0.5, 0.6) is 11.5 Å². The van der Waals surface area contributed by atoms with Crippen molar-refractivity contribution in [2.45, 2.75) is 38.9 Å². The molecule has 1 aromatic heterocycles. The molecule has 1 aliphatic heterocycles. The zero-order valence-electron chi connectivity index (χ0n) is 18.7. The lowest BCUT2D eigenvalue weighted by Gasteiger charge is -2.33. The Morgan fingerprint density at radius 1 is 1.12 bits per heavy atom. The standard InChI is InChI=1S/C24H28F3N3O3/c1-3-32-20-8-5-17(15-21(20)33-4-2)6-10-23(31)29-19-11-13-30(14-12-19)22-9-7-18(16-28-22)24(25,26)27/h5-10,15-16,19H,3-4,11-14H2,1-2H3,(H,29,31). The lowest BCUT2D eigenvalue weighted by molar-refractivity contribution is -0.137. The van der Waals surface area contributed by atoms with Crippen molar-refractivity contribution in [2.24, 2.45) is 0 Å². The summed E-state index contributed by atoms with van der Waals surface area (Å²) in [7, 11) is 0. The van der Waals surface area contributed by atoms with E-state index >= 15 is 0 Å². The van der Waals surface area contributed by atoms with Crippen LogP contribution in [0, 0.1) is 0 Å². The molecule has 9 heteroatoms. The molecule has 1 N–H and O–H groups in total. The molecule has 1 fully saturated rings. The predicted octanol–water partition coefficient (Wildman–Crippen LogP) is 4.70. The van der Waals surface area contributed by atoms with Crippen LogP contribution in [0.25, 0.3) is 6.08 Å². The zero-order chi connectivity index (χ0) is 23.8. The minimum Gasteiger partial charge on any atom is -0.490 e. The van der Waals surface area contributed by atoms with Crippen molar-refractivity contribution in [1.29, 1.82) is 0 Å². The van der Waals surface area contributed by atoms with Crippen LogP contribution in [0.1, 0.15) is 37.8 Å². The number of carbonyl (C=O) groups excluding carboxylic acids is 1. The predicted molar refractivity (Wildman–Crippen MR) is 120 cm³/mol. The van der Waals surface area contributed by atoms with Crippen molar-refractivity contribution < 1.29 is 27.4 Å². The summed E-state index contributed by atoms with van der Waals surface area (Å²) in [5.74, 6) is 1.60. The molecule has 0 unspecified atom stereocenters. The lowest BCUT2D eigenvalue weighted by Crippen LogP contribution is -2.44. The number of carbonyl (C=O) groups is 1. The highest BCUT2D eigenvalue weighted by Gasteiger charge is 2.31.